The summed E-state index contributed by atoms with van der Waals surface area (Å²) in [5.74, 6) is 0. The number of thioether (sulfide) groups is 2. The van der Waals surface area contributed by atoms with Crippen molar-refractivity contribution in [1.82, 2.24) is 0 Å². The SMILES string of the molecule is CCCCCCCCCCC(OC(CCCCCCCCCC)SC(C)=O)SC(C)=O. The van der Waals surface area contributed by atoms with E-state index in [1.54, 1.807) is 13.8 Å². The highest BCUT2D eigenvalue weighted by atomic mass is 32.2. The molecular weight excluding hydrogens is 424 g/mol. The van der Waals surface area contributed by atoms with Gasteiger partial charge in [-0.1, -0.05) is 127 Å². The van der Waals surface area contributed by atoms with E-state index < -0.39 is 0 Å². The molecule has 0 aliphatic carbocycles. The van der Waals surface area contributed by atoms with Crippen molar-refractivity contribution in [2.24, 2.45) is 0 Å². The Morgan fingerprint density at radius 1 is 0.548 bits per heavy atom. The van der Waals surface area contributed by atoms with Gasteiger partial charge in [0.15, 0.2) is 10.2 Å². The zero-order valence-electron chi connectivity index (χ0n) is 20.9. The largest absolute Gasteiger partial charge is 0.353 e. The smallest absolute Gasteiger partial charge is 0.188 e. The first-order chi connectivity index (χ1) is 15.0. The van der Waals surface area contributed by atoms with Crippen molar-refractivity contribution in [2.45, 2.75) is 154 Å². The van der Waals surface area contributed by atoms with Crippen LogP contribution in [0.4, 0.5) is 0 Å². The first-order valence-electron chi connectivity index (χ1n) is 13.0. The van der Waals surface area contributed by atoms with E-state index in [2.05, 4.69) is 13.8 Å². The summed E-state index contributed by atoms with van der Waals surface area (Å²) in [4.78, 5) is 23.4. The fourth-order valence-corrected chi connectivity index (χ4v) is 5.50. The molecule has 0 aliphatic rings. The van der Waals surface area contributed by atoms with Gasteiger partial charge in [0.2, 0.25) is 0 Å². The molecule has 0 aromatic rings. The molecule has 0 heterocycles. The van der Waals surface area contributed by atoms with Gasteiger partial charge < -0.3 is 4.74 Å². The molecule has 0 saturated heterocycles. The van der Waals surface area contributed by atoms with Crippen LogP contribution in [0.25, 0.3) is 0 Å². The molecule has 0 N–H and O–H groups in total. The quantitative estimate of drug-likeness (QED) is 0.115. The molecule has 0 amide bonds. The number of hydrogen-bond donors (Lipinski definition) is 0. The van der Waals surface area contributed by atoms with E-state index >= 15 is 0 Å². The molecule has 0 rings (SSSR count). The van der Waals surface area contributed by atoms with E-state index in [1.807, 2.05) is 0 Å². The van der Waals surface area contributed by atoms with Gasteiger partial charge >= 0.3 is 0 Å². The van der Waals surface area contributed by atoms with E-state index in [-0.39, 0.29) is 21.1 Å². The molecule has 0 aliphatic heterocycles. The van der Waals surface area contributed by atoms with Crippen molar-refractivity contribution in [3.63, 3.8) is 0 Å². The highest BCUT2D eigenvalue weighted by molar-refractivity contribution is 8.14. The van der Waals surface area contributed by atoms with Gasteiger partial charge in [0.1, 0.15) is 10.9 Å². The summed E-state index contributed by atoms with van der Waals surface area (Å²) in [6, 6.07) is 0. The van der Waals surface area contributed by atoms with E-state index in [1.165, 1.54) is 113 Å². The van der Waals surface area contributed by atoms with Crippen molar-refractivity contribution >= 4 is 33.8 Å². The number of carbonyl (C=O) groups is 2. The zero-order valence-corrected chi connectivity index (χ0v) is 22.6. The fourth-order valence-electron chi connectivity index (χ4n) is 3.74. The lowest BCUT2D eigenvalue weighted by Gasteiger charge is -2.23. The minimum absolute atomic E-state index is 0.100. The number of hydrogen-bond acceptors (Lipinski definition) is 5. The number of unbranched alkanes of at least 4 members (excludes halogenated alkanes) is 14. The van der Waals surface area contributed by atoms with Crippen LogP contribution in [0.15, 0.2) is 0 Å². The first kappa shape index (κ1) is 31.0. The van der Waals surface area contributed by atoms with Crippen LogP contribution in [-0.4, -0.2) is 21.1 Å². The highest BCUT2D eigenvalue weighted by Crippen LogP contribution is 2.29. The van der Waals surface area contributed by atoms with Gasteiger partial charge in [0, 0.05) is 13.8 Å². The Morgan fingerprint density at radius 3 is 1.13 bits per heavy atom. The second-order valence-electron chi connectivity index (χ2n) is 8.74. The monoisotopic (exact) mass is 474 g/mol. The third kappa shape index (κ3) is 23.0. The molecule has 0 fully saturated rings. The first-order valence-corrected chi connectivity index (χ1v) is 14.7. The van der Waals surface area contributed by atoms with E-state index in [0.717, 1.165) is 25.7 Å². The van der Waals surface area contributed by atoms with Crippen LogP contribution in [0, 0.1) is 0 Å². The summed E-state index contributed by atoms with van der Waals surface area (Å²) in [6.45, 7) is 7.72. The Hall–Kier alpha value is -0.0000000000000000555. The van der Waals surface area contributed by atoms with Crippen molar-refractivity contribution in [3.05, 3.63) is 0 Å². The minimum atomic E-state index is -0.122. The van der Waals surface area contributed by atoms with Crippen LogP contribution in [0.3, 0.4) is 0 Å². The van der Waals surface area contributed by atoms with E-state index in [4.69, 9.17) is 4.74 Å². The maximum atomic E-state index is 11.7. The predicted molar refractivity (Wildman–Crippen MR) is 140 cm³/mol. The maximum absolute atomic E-state index is 11.7. The van der Waals surface area contributed by atoms with Gasteiger partial charge in [0.05, 0.1) is 0 Å². The summed E-state index contributed by atoms with van der Waals surface area (Å²) in [7, 11) is 0. The van der Waals surface area contributed by atoms with Crippen LogP contribution in [0.1, 0.15) is 143 Å². The van der Waals surface area contributed by atoms with Crippen molar-refractivity contribution < 1.29 is 14.3 Å². The third-order valence-corrected chi connectivity index (χ3v) is 7.37. The average Bonchev–Trinajstić information content (AvgIpc) is 2.70. The van der Waals surface area contributed by atoms with E-state index in [9.17, 15) is 9.59 Å². The number of rotatable bonds is 22. The second-order valence-corrected chi connectivity index (χ2v) is 11.4. The van der Waals surface area contributed by atoms with Gasteiger partial charge in [-0.25, -0.2) is 0 Å². The fraction of sp³-hybridized carbons (Fsp3) is 0.923. The molecule has 0 spiro atoms. The summed E-state index contributed by atoms with van der Waals surface area (Å²) in [5.41, 5.74) is -0.244. The highest BCUT2D eigenvalue weighted by Gasteiger charge is 2.20. The van der Waals surface area contributed by atoms with Gasteiger partial charge in [-0.3, -0.25) is 9.59 Å². The molecule has 184 valence electrons. The maximum Gasteiger partial charge on any atom is 0.188 e. The molecule has 0 saturated carbocycles. The van der Waals surface area contributed by atoms with Crippen LogP contribution in [-0.2, 0) is 14.3 Å². The van der Waals surface area contributed by atoms with Crippen molar-refractivity contribution in [1.29, 1.82) is 0 Å². The number of ether oxygens (including phenoxy) is 1. The lowest BCUT2D eigenvalue weighted by molar-refractivity contribution is -0.109. The van der Waals surface area contributed by atoms with Gasteiger partial charge in [-0.15, -0.1) is 0 Å². The Bertz CT molecular complexity index is 391. The average molecular weight is 475 g/mol. The lowest BCUT2D eigenvalue weighted by atomic mass is 10.1. The molecule has 2 unspecified atom stereocenters. The topological polar surface area (TPSA) is 43.4 Å². The predicted octanol–water partition coefficient (Wildman–Crippen LogP) is 9.28. The Labute approximate surface area is 202 Å². The molecule has 31 heavy (non-hydrogen) atoms. The summed E-state index contributed by atoms with van der Waals surface area (Å²) in [6.07, 6.45) is 22.2. The molecular formula is C26H50O3S2. The molecule has 0 aromatic heterocycles. The lowest BCUT2D eigenvalue weighted by Crippen LogP contribution is -2.20. The van der Waals surface area contributed by atoms with E-state index in [0.29, 0.717) is 0 Å². The molecule has 0 aromatic carbocycles. The van der Waals surface area contributed by atoms with Gasteiger partial charge in [0.25, 0.3) is 0 Å². The second kappa shape index (κ2) is 23.2. The van der Waals surface area contributed by atoms with Crippen LogP contribution < -0.4 is 0 Å². The molecule has 5 heteroatoms. The van der Waals surface area contributed by atoms with Gasteiger partial charge in [-0.05, 0) is 25.7 Å². The molecule has 0 radical (unpaired) electrons. The summed E-state index contributed by atoms with van der Waals surface area (Å²) in [5, 5.41) is 0.200. The zero-order chi connectivity index (χ0) is 23.2. The molecule has 2 atom stereocenters. The van der Waals surface area contributed by atoms with Crippen LogP contribution in [0.5, 0.6) is 0 Å². The van der Waals surface area contributed by atoms with Crippen LogP contribution >= 0.6 is 23.5 Å². The molecule has 3 nitrogen and oxygen atoms in total. The number of carbonyl (C=O) groups excluding carboxylic acids is 2. The third-order valence-electron chi connectivity index (χ3n) is 5.49. The normalized spacial score (nSPS) is 13.3. The van der Waals surface area contributed by atoms with Crippen molar-refractivity contribution in [3.8, 4) is 0 Å². The van der Waals surface area contributed by atoms with Crippen LogP contribution in [0.2, 0.25) is 0 Å². The molecule has 0 bridgehead atoms. The Balaban J connectivity index is 4.23. The summed E-state index contributed by atoms with van der Waals surface area (Å²) >= 11 is 2.60. The standard InChI is InChI=1S/C26H50O3S2/c1-5-7-9-11-13-15-17-19-21-25(30-23(3)27)29-26(31-24(4)28)22-20-18-16-14-12-10-8-6-2/h25-26H,5-22H2,1-4H3. The van der Waals surface area contributed by atoms with Crippen molar-refractivity contribution in [2.75, 3.05) is 0 Å². The van der Waals surface area contributed by atoms with Gasteiger partial charge in [-0.2, -0.15) is 0 Å². The minimum Gasteiger partial charge on any atom is -0.353 e. The Kier molecular flexibility index (Phi) is 23.2. The Morgan fingerprint density at radius 2 is 0.839 bits per heavy atom. The summed E-state index contributed by atoms with van der Waals surface area (Å²) < 4.78 is 6.28.